The average Bonchev–Trinajstić information content (AvgIpc) is 2.82. The second-order valence-electron chi connectivity index (χ2n) is 4.22. The molecule has 0 atom stereocenters. The summed E-state index contributed by atoms with van der Waals surface area (Å²) in [5, 5.41) is 10.4. The Morgan fingerprint density at radius 1 is 1.50 bits per heavy atom. The summed E-state index contributed by atoms with van der Waals surface area (Å²) in [6.07, 6.45) is 2.08. The Hall–Kier alpha value is -1.17. The van der Waals surface area contributed by atoms with Crippen molar-refractivity contribution in [3.8, 4) is 0 Å². The molecule has 0 amide bonds. The fraction of sp³-hybridized carbons (Fsp3) is 0.667. The first kappa shape index (κ1) is 14.9. The molecule has 0 saturated carbocycles. The van der Waals surface area contributed by atoms with Crippen molar-refractivity contribution < 1.29 is 4.52 Å². The first-order chi connectivity index (χ1) is 8.67. The molecule has 1 aromatic rings. The fourth-order valence-corrected chi connectivity index (χ4v) is 1.65. The minimum Gasteiger partial charge on any atom is -0.359 e. The summed E-state index contributed by atoms with van der Waals surface area (Å²) in [5.74, 6) is 3.06. The molecule has 0 unspecified atom stereocenters. The molecule has 0 aliphatic heterocycles. The van der Waals surface area contributed by atoms with Crippen molar-refractivity contribution in [2.45, 2.75) is 26.3 Å². The number of nitrogens with one attached hydrogen (secondary N) is 2. The minimum absolute atomic E-state index is 0.390. The molecule has 1 heterocycles. The Kier molecular flexibility index (Phi) is 6.64. The van der Waals surface area contributed by atoms with Crippen molar-refractivity contribution in [1.29, 1.82) is 0 Å². The van der Waals surface area contributed by atoms with E-state index in [1.165, 1.54) is 0 Å². The normalized spacial score (nSPS) is 11.9. The van der Waals surface area contributed by atoms with Crippen LogP contribution in [0.15, 0.2) is 15.6 Å². The largest absolute Gasteiger partial charge is 0.359 e. The highest BCUT2D eigenvalue weighted by Gasteiger charge is 2.07. The fourth-order valence-electron chi connectivity index (χ4n) is 1.35. The molecule has 0 aliphatic carbocycles. The Morgan fingerprint density at radius 2 is 2.28 bits per heavy atom. The molecule has 6 heteroatoms. The highest BCUT2D eigenvalue weighted by molar-refractivity contribution is 7.98. The molecule has 0 aromatic carbocycles. The van der Waals surface area contributed by atoms with Crippen LogP contribution in [0.2, 0.25) is 0 Å². The van der Waals surface area contributed by atoms with Crippen LogP contribution in [0.4, 0.5) is 0 Å². The number of rotatable bonds is 6. The maximum Gasteiger partial charge on any atom is 0.191 e. The monoisotopic (exact) mass is 270 g/mol. The smallest absolute Gasteiger partial charge is 0.191 e. The van der Waals surface area contributed by atoms with Gasteiger partial charge in [-0.3, -0.25) is 4.99 Å². The quantitative estimate of drug-likeness (QED) is 0.469. The van der Waals surface area contributed by atoms with Crippen LogP contribution >= 0.6 is 11.8 Å². The van der Waals surface area contributed by atoms with Gasteiger partial charge in [0.2, 0.25) is 0 Å². The molecule has 1 rings (SSSR count). The Bertz CT molecular complexity index is 376. The topological polar surface area (TPSA) is 62.5 Å². The number of thioether (sulfide) groups is 1. The lowest BCUT2D eigenvalue weighted by molar-refractivity contribution is 0.372. The zero-order valence-corrected chi connectivity index (χ0v) is 12.3. The van der Waals surface area contributed by atoms with Crippen molar-refractivity contribution in [3.63, 3.8) is 0 Å². The molecule has 0 bridgehead atoms. The lowest BCUT2D eigenvalue weighted by Crippen LogP contribution is -2.37. The SMILES string of the molecule is CN=C(NCCSC)NCc1cc(C(C)C)no1. The molecule has 2 N–H and O–H groups in total. The third kappa shape index (κ3) is 5.00. The van der Waals surface area contributed by atoms with Gasteiger partial charge < -0.3 is 15.2 Å². The maximum absolute atomic E-state index is 5.25. The van der Waals surface area contributed by atoms with Crippen molar-refractivity contribution in [2.75, 3.05) is 25.6 Å². The van der Waals surface area contributed by atoms with E-state index in [1.54, 1.807) is 18.8 Å². The van der Waals surface area contributed by atoms with Gasteiger partial charge in [0.25, 0.3) is 0 Å². The summed E-state index contributed by atoms with van der Waals surface area (Å²) in [6, 6.07) is 1.98. The summed E-state index contributed by atoms with van der Waals surface area (Å²) >= 11 is 1.80. The zero-order valence-electron chi connectivity index (χ0n) is 11.5. The summed E-state index contributed by atoms with van der Waals surface area (Å²) in [6.45, 7) is 5.68. The van der Waals surface area contributed by atoms with Gasteiger partial charge in [-0.2, -0.15) is 11.8 Å². The van der Waals surface area contributed by atoms with Crippen molar-refractivity contribution in [2.24, 2.45) is 4.99 Å². The first-order valence-electron chi connectivity index (χ1n) is 6.06. The Morgan fingerprint density at radius 3 is 2.83 bits per heavy atom. The van der Waals surface area contributed by atoms with Gasteiger partial charge in [0, 0.05) is 25.4 Å². The van der Waals surface area contributed by atoms with E-state index < -0.39 is 0 Å². The van der Waals surface area contributed by atoms with Crippen LogP contribution in [0, 0.1) is 0 Å². The van der Waals surface area contributed by atoms with E-state index in [2.05, 4.69) is 40.9 Å². The number of aliphatic imine (C=N–C) groups is 1. The molecule has 0 saturated heterocycles. The molecule has 0 fully saturated rings. The second kappa shape index (κ2) is 8.02. The summed E-state index contributed by atoms with van der Waals surface area (Å²) in [4.78, 5) is 4.14. The van der Waals surface area contributed by atoms with Crippen LogP contribution in [0.5, 0.6) is 0 Å². The van der Waals surface area contributed by atoms with E-state index >= 15 is 0 Å². The maximum atomic E-state index is 5.25. The van der Waals surface area contributed by atoms with E-state index in [4.69, 9.17) is 4.52 Å². The lowest BCUT2D eigenvalue weighted by Gasteiger charge is -2.09. The molecule has 18 heavy (non-hydrogen) atoms. The van der Waals surface area contributed by atoms with Gasteiger partial charge in [0.05, 0.1) is 12.2 Å². The van der Waals surface area contributed by atoms with Gasteiger partial charge in [-0.25, -0.2) is 0 Å². The van der Waals surface area contributed by atoms with Gasteiger partial charge in [0.1, 0.15) is 0 Å². The van der Waals surface area contributed by atoms with Crippen LogP contribution in [0.25, 0.3) is 0 Å². The number of hydrogen-bond donors (Lipinski definition) is 2. The minimum atomic E-state index is 0.390. The van der Waals surface area contributed by atoms with Crippen molar-refractivity contribution in [3.05, 3.63) is 17.5 Å². The van der Waals surface area contributed by atoms with Crippen LogP contribution in [-0.2, 0) is 6.54 Å². The first-order valence-corrected chi connectivity index (χ1v) is 7.45. The van der Waals surface area contributed by atoms with Gasteiger partial charge in [0.15, 0.2) is 11.7 Å². The van der Waals surface area contributed by atoms with E-state index in [-0.39, 0.29) is 0 Å². The van der Waals surface area contributed by atoms with Crippen LogP contribution < -0.4 is 10.6 Å². The second-order valence-corrected chi connectivity index (χ2v) is 5.20. The molecular formula is C12H22N4OS. The van der Waals surface area contributed by atoms with E-state index in [1.807, 2.05) is 6.07 Å². The highest BCUT2D eigenvalue weighted by Crippen LogP contribution is 2.13. The summed E-state index contributed by atoms with van der Waals surface area (Å²) in [5.41, 5.74) is 0.983. The lowest BCUT2D eigenvalue weighted by atomic mass is 10.1. The molecule has 1 aromatic heterocycles. The number of nitrogens with zero attached hydrogens (tertiary/aromatic N) is 2. The van der Waals surface area contributed by atoms with Gasteiger partial charge in [-0.15, -0.1) is 0 Å². The predicted octanol–water partition coefficient (Wildman–Crippen LogP) is 1.83. The molecular weight excluding hydrogens is 248 g/mol. The summed E-state index contributed by atoms with van der Waals surface area (Å²) < 4.78 is 5.25. The molecule has 0 aliphatic rings. The third-order valence-electron chi connectivity index (χ3n) is 2.42. The van der Waals surface area contributed by atoms with E-state index in [0.717, 1.165) is 29.7 Å². The van der Waals surface area contributed by atoms with Gasteiger partial charge in [-0.1, -0.05) is 19.0 Å². The standard InChI is InChI=1S/C12H22N4OS/c1-9(2)11-7-10(17-16-11)8-15-12(13-3)14-5-6-18-4/h7,9H,5-6,8H2,1-4H3,(H2,13,14,15). The third-order valence-corrected chi connectivity index (χ3v) is 3.03. The van der Waals surface area contributed by atoms with Crippen LogP contribution in [-0.4, -0.2) is 36.7 Å². The van der Waals surface area contributed by atoms with Crippen LogP contribution in [0.1, 0.15) is 31.2 Å². The Balaban J connectivity index is 2.37. The number of guanidine groups is 1. The number of aromatic nitrogens is 1. The molecule has 0 radical (unpaired) electrons. The Labute approximate surface area is 113 Å². The molecule has 102 valence electrons. The number of hydrogen-bond acceptors (Lipinski definition) is 4. The van der Waals surface area contributed by atoms with Crippen LogP contribution in [0.3, 0.4) is 0 Å². The highest BCUT2D eigenvalue weighted by atomic mass is 32.2. The zero-order chi connectivity index (χ0) is 13.4. The van der Waals surface area contributed by atoms with E-state index in [9.17, 15) is 0 Å². The van der Waals surface area contributed by atoms with Gasteiger partial charge in [-0.05, 0) is 12.2 Å². The van der Waals surface area contributed by atoms with Crippen molar-refractivity contribution >= 4 is 17.7 Å². The van der Waals surface area contributed by atoms with E-state index in [0.29, 0.717) is 12.5 Å². The van der Waals surface area contributed by atoms with Crippen molar-refractivity contribution in [1.82, 2.24) is 15.8 Å². The van der Waals surface area contributed by atoms with Gasteiger partial charge >= 0.3 is 0 Å². The predicted molar refractivity (Wildman–Crippen MR) is 77.2 cm³/mol. The molecule has 5 nitrogen and oxygen atoms in total. The average molecular weight is 270 g/mol. The summed E-state index contributed by atoms with van der Waals surface area (Å²) in [7, 11) is 1.76. The molecule has 0 spiro atoms.